The van der Waals surface area contributed by atoms with E-state index < -0.39 is 23.1 Å². The molecule has 0 aliphatic heterocycles. The van der Waals surface area contributed by atoms with Gasteiger partial charge >= 0.3 is 12.1 Å². The summed E-state index contributed by atoms with van der Waals surface area (Å²) in [6.45, 7) is 7.09. The second kappa shape index (κ2) is 4.55. The highest BCUT2D eigenvalue weighted by atomic mass is 16.6. The molecular weight excluding hydrogens is 222 g/mol. The third-order valence-electron chi connectivity index (χ3n) is 2.97. The molecule has 98 valence electrons. The Labute approximate surface area is 102 Å². The predicted octanol–water partition coefficient (Wildman–Crippen LogP) is 2.01. The summed E-state index contributed by atoms with van der Waals surface area (Å²) >= 11 is 0. The van der Waals surface area contributed by atoms with E-state index in [1.165, 1.54) is 0 Å². The monoisotopic (exact) mass is 243 g/mol. The molecule has 0 aromatic carbocycles. The first-order chi connectivity index (χ1) is 7.65. The number of rotatable bonds is 4. The molecule has 5 nitrogen and oxygen atoms in total. The van der Waals surface area contributed by atoms with E-state index in [1.54, 1.807) is 27.7 Å². The summed E-state index contributed by atoms with van der Waals surface area (Å²) in [5.41, 5.74) is -1.44. The number of aliphatic carboxylic acids is 1. The summed E-state index contributed by atoms with van der Waals surface area (Å²) in [6.07, 6.45) is 1.27. The largest absolute Gasteiger partial charge is 0.481 e. The van der Waals surface area contributed by atoms with E-state index in [1.807, 2.05) is 0 Å². The highest BCUT2D eigenvalue weighted by molar-refractivity contribution is 5.77. The molecule has 1 atom stereocenters. The summed E-state index contributed by atoms with van der Waals surface area (Å²) in [6, 6.07) is 0. The normalized spacial score (nSPS) is 19.3. The Hall–Kier alpha value is -1.26. The van der Waals surface area contributed by atoms with Crippen molar-refractivity contribution in [3.63, 3.8) is 0 Å². The molecule has 1 unspecified atom stereocenters. The lowest BCUT2D eigenvalue weighted by atomic mass is 9.85. The summed E-state index contributed by atoms with van der Waals surface area (Å²) < 4.78 is 5.07. The van der Waals surface area contributed by atoms with Crippen molar-refractivity contribution in [2.45, 2.75) is 46.1 Å². The van der Waals surface area contributed by atoms with Crippen LogP contribution in [0.2, 0.25) is 0 Å². The summed E-state index contributed by atoms with van der Waals surface area (Å²) in [5, 5.41) is 11.7. The summed E-state index contributed by atoms with van der Waals surface area (Å²) in [5.74, 6) is -0.703. The van der Waals surface area contributed by atoms with Gasteiger partial charge in [-0.3, -0.25) is 4.79 Å². The van der Waals surface area contributed by atoms with Crippen molar-refractivity contribution in [1.82, 2.24) is 5.32 Å². The van der Waals surface area contributed by atoms with E-state index in [2.05, 4.69) is 5.32 Å². The van der Waals surface area contributed by atoms with Crippen molar-refractivity contribution in [3.05, 3.63) is 0 Å². The maximum Gasteiger partial charge on any atom is 0.407 e. The van der Waals surface area contributed by atoms with Crippen LogP contribution in [0, 0.1) is 11.3 Å². The van der Waals surface area contributed by atoms with Crippen LogP contribution in [0.5, 0.6) is 0 Å². The van der Waals surface area contributed by atoms with Gasteiger partial charge < -0.3 is 15.2 Å². The lowest BCUT2D eigenvalue weighted by Gasteiger charge is -2.26. The van der Waals surface area contributed by atoms with Crippen molar-refractivity contribution in [3.8, 4) is 0 Å². The number of nitrogens with one attached hydrogen (secondary N) is 1. The fourth-order valence-corrected chi connectivity index (χ4v) is 1.69. The van der Waals surface area contributed by atoms with Gasteiger partial charge in [-0.15, -0.1) is 0 Å². The molecule has 1 rings (SSSR count). The first-order valence-corrected chi connectivity index (χ1v) is 5.85. The highest BCUT2D eigenvalue weighted by Gasteiger charge is 2.47. The highest BCUT2D eigenvalue weighted by Crippen LogP contribution is 2.45. The van der Waals surface area contributed by atoms with Crippen molar-refractivity contribution >= 4 is 12.1 Å². The van der Waals surface area contributed by atoms with Gasteiger partial charge in [0.2, 0.25) is 0 Å². The molecule has 0 bridgehead atoms. The molecule has 1 saturated carbocycles. The molecule has 0 radical (unpaired) electrons. The molecule has 2 N–H and O–H groups in total. The second-order valence-corrected chi connectivity index (χ2v) is 5.85. The Morgan fingerprint density at radius 1 is 1.29 bits per heavy atom. The van der Waals surface area contributed by atoms with Crippen LogP contribution in [-0.2, 0) is 9.53 Å². The van der Waals surface area contributed by atoms with Gasteiger partial charge in [0.15, 0.2) is 0 Å². The number of carbonyl (C=O) groups is 2. The Morgan fingerprint density at radius 2 is 1.82 bits per heavy atom. The maximum atomic E-state index is 11.4. The molecule has 0 aromatic rings. The zero-order valence-corrected chi connectivity index (χ0v) is 10.9. The van der Waals surface area contributed by atoms with E-state index >= 15 is 0 Å². The minimum absolute atomic E-state index is 0.113. The van der Waals surface area contributed by atoms with Crippen LogP contribution in [0.3, 0.4) is 0 Å². The molecule has 1 fully saturated rings. The molecule has 0 spiro atoms. The van der Waals surface area contributed by atoms with Gasteiger partial charge in [-0.05, 0) is 46.5 Å². The molecule has 1 amide bonds. The fourth-order valence-electron chi connectivity index (χ4n) is 1.69. The van der Waals surface area contributed by atoms with Crippen LogP contribution < -0.4 is 5.32 Å². The standard InChI is InChI=1S/C12H21NO4/c1-11(2,3)17-10(16)13-7-12(4,9(14)15)8-5-6-8/h8H,5-7H2,1-4H3,(H,13,16)(H,14,15). The molecule has 1 aliphatic carbocycles. The lowest BCUT2D eigenvalue weighted by Crippen LogP contribution is -2.44. The van der Waals surface area contributed by atoms with Gasteiger partial charge in [0.1, 0.15) is 5.60 Å². The number of carbonyl (C=O) groups excluding carboxylic acids is 1. The van der Waals surface area contributed by atoms with E-state index in [0.717, 1.165) is 12.8 Å². The van der Waals surface area contributed by atoms with Crippen molar-refractivity contribution in [1.29, 1.82) is 0 Å². The van der Waals surface area contributed by atoms with Crippen LogP contribution in [0.1, 0.15) is 40.5 Å². The van der Waals surface area contributed by atoms with E-state index in [-0.39, 0.29) is 12.5 Å². The van der Waals surface area contributed by atoms with E-state index in [0.29, 0.717) is 0 Å². The summed E-state index contributed by atoms with van der Waals surface area (Å²) in [4.78, 5) is 22.7. The average molecular weight is 243 g/mol. The smallest absolute Gasteiger partial charge is 0.407 e. The number of carboxylic acids is 1. The van der Waals surface area contributed by atoms with E-state index in [4.69, 9.17) is 4.74 Å². The fraction of sp³-hybridized carbons (Fsp3) is 0.833. The predicted molar refractivity (Wildman–Crippen MR) is 62.7 cm³/mol. The second-order valence-electron chi connectivity index (χ2n) is 5.85. The Kier molecular flexibility index (Phi) is 3.69. The molecule has 0 aromatic heterocycles. The molecule has 0 saturated heterocycles. The lowest BCUT2D eigenvalue weighted by molar-refractivity contribution is -0.148. The van der Waals surface area contributed by atoms with Crippen LogP contribution >= 0.6 is 0 Å². The topological polar surface area (TPSA) is 75.6 Å². The van der Waals surface area contributed by atoms with Crippen LogP contribution in [0.25, 0.3) is 0 Å². The maximum absolute atomic E-state index is 11.4. The third-order valence-corrected chi connectivity index (χ3v) is 2.97. The number of ether oxygens (including phenoxy) is 1. The minimum atomic E-state index is -0.878. The summed E-state index contributed by atoms with van der Waals surface area (Å²) in [7, 11) is 0. The van der Waals surface area contributed by atoms with Crippen molar-refractivity contribution < 1.29 is 19.4 Å². The van der Waals surface area contributed by atoms with Crippen molar-refractivity contribution in [2.75, 3.05) is 6.54 Å². The first-order valence-electron chi connectivity index (χ1n) is 5.85. The zero-order valence-electron chi connectivity index (χ0n) is 10.9. The Balaban J connectivity index is 2.48. The molecule has 0 heterocycles. The zero-order chi connectivity index (χ0) is 13.3. The number of hydrogen-bond donors (Lipinski definition) is 2. The van der Waals surface area contributed by atoms with E-state index in [9.17, 15) is 14.7 Å². The molecule has 5 heteroatoms. The average Bonchev–Trinajstić information content (AvgIpc) is 2.94. The number of amides is 1. The van der Waals surface area contributed by atoms with Gasteiger partial charge in [-0.1, -0.05) is 0 Å². The quantitative estimate of drug-likeness (QED) is 0.792. The van der Waals surface area contributed by atoms with Crippen LogP contribution in [-0.4, -0.2) is 29.3 Å². The molecule has 1 aliphatic rings. The van der Waals surface area contributed by atoms with Gasteiger partial charge in [0.25, 0.3) is 0 Å². The number of hydrogen-bond acceptors (Lipinski definition) is 3. The molecular formula is C12H21NO4. The number of carboxylic acid groups (broad SMARTS) is 1. The number of alkyl carbamates (subject to hydrolysis) is 1. The van der Waals surface area contributed by atoms with Gasteiger partial charge in [-0.25, -0.2) is 4.79 Å². The van der Waals surface area contributed by atoms with Crippen molar-refractivity contribution in [2.24, 2.45) is 11.3 Å². The third kappa shape index (κ3) is 3.91. The van der Waals surface area contributed by atoms with Gasteiger partial charge in [-0.2, -0.15) is 0 Å². The van der Waals surface area contributed by atoms with Gasteiger partial charge in [0.05, 0.1) is 5.41 Å². The van der Waals surface area contributed by atoms with Crippen LogP contribution in [0.15, 0.2) is 0 Å². The SMILES string of the molecule is CC(C)(C)OC(=O)NCC(C)(C(=O)O)C1CC1. The Morgan fingerprint density at radius 3 is 2.18 bits per heavy atom. The van der Waals surface area contributed by atoms with Crippen LogP contribution in [0.4, 0.5) is 4.79 Å². The Bertz CT molecular complexity index is 317. The molecule has 17 heavy (non-hydrogen) atoms. The van der Waals surface area contributed by atoms with Gasteiger partial charge in [0, 0.05) is 6.54 Å². The first kappa shape index (κ1) is 13.8. The minimum Gasteiger partial charge on any atom is -0.481 e.